The number of aromatic nitrogens is 6. The quantitative estimate of drug-likeness (QED) is 0.0859. The van der Waals surface area contributed by atoms with Crippen LogP contribution in [0.25, 0.3) is 11.5 Å². The topological polar surface area (TPSA) is 161 Å². The van der Waals surface area contributed by atoms with E-state index < -0.39 is 18.4 Å². The van der Waals surface area contributed by atoms with Crippen molar-refractivity contribution in [2.45, 2.75) is 99.8 Å². The Bertz CT molecular complexity index is 2230. The number of ether oxygens (including phenoxy) is 4. The number of hydrogen-bond acceptors (Lipinski definition) is 16. The van der Waals surface area contributed by atoms with E-state index >= 15 is 0 Å². The van der Waals surface area contributed by atoms with Gasteiger partial charge < -0.3 is 24.0 Å². The summed E-state index contributed by atoms with van der Waals surface area (Å²) in [7, 11) is 3.74. The summed E-state index contributed by atoms with van der Waals surface area (Å²) in [4.78, 5) is 66.7. The molecular weight excluding hydrogens is 955 g/mol. The molecule has 67 heavy (non-hydrogen) atoms. The zero-order chi connectivity index (χ0) is 47.8. The van der Waals surface area contributed by atoms with Crippen LogP contribution in [0.3, 0.4) is 0 Å². The molecule has 2 saturated heterocycles. The van der Waals surface area contributed by atoms with Crippen molar-refractivity contribution in [3.8, 4) is 23.0 Å². The molecule has 2 aliphatic heterocycles. The zero-order valence-corrected chi connectivity index (χ0v) is 44.3. The van der Waals surface area contributed by atoms with Crippen LogP contribution < -0.4 is 23.0 Å². The van der Waals surface area contributed by atoms with Crippen LogP contribution in [0.2, 0.25) is 14.8 Å². The molecule has 16 nitrogen and oxygen atoms in total. The Morgan fingerprint density at radius 1 is 0.642 bits per heavy atom. The third-order valence-corrected chi connectivity index (χ3v) is 17.4. The Balaban J connectivity index is 0.000000177. The number of rotatable bonds is 18. The van der Waals surface area contributed by atoms with E-state index in [2.05, 4.69) is 50.6 Å². The van der Waals surface area contributed by atoms with Crippen molar-refractivity contribution in [1.29, 1.82) is 0 Å². The van der Waals surface area contributed by atoms with Crippen LogP contribution in [0.1, 0.15) is 80.7 Å². The number of nitrogens with zero attached hydrogens (tertiary/aromatic N) is 10. The number of esters is 2. The minimum atomic E-state index is -2.05. The predicted molar refractivity (Wildman–Crippen MR) is 265 cm³/mol. The van der Waals surface area contributed by atoms with Gasteiger partial charge in [-0.1, -0.05) is 0 Å². The molecule has 0 unspecified atom stereocenters. The maximum atomic E-state index is 12.0. The summed E-state index contributed by atoms with van der Waals surface area (Å²) in [6.07, 6.45) is 14.9. The van der Waals surface area contributed by atoms with E-state index in [1.165, 1.54) is 48.0 Å². The van der Waals surface area contributed by atoms with Crippen LogP contribution in [-0.4, -0.2) is 163 Å². The number of carbonyl (C=O) groups is 2. The first-order valence-electron chi connectivity index (χ1n) is 24.4. The molecule has 4 aliphatic rings. The molecule has 2 aliphatic carbocycles. The normalized spacial score (nSPS) is 15.4. The van der Waals surface area contributed by atoms with Gasteiger partial charge in [0.05, 0.1) is 13.2 Å². The van der Waals surface area contributed by atoms with Gasteiger partial charge in [-0.3, -0.25) is 19.5 Å². The predicted octanol–water partition coefficient (Wildman–Crippen LogP) is 5.88. The van der Waals surface area contributed by atoms with Gasteiger partial charge in [0.15, 0.2) is 5.82 Å². The fourth-order valence-electron chi connectivity index (χ4n) is 8.77. The van der Waals surface area contributed by atoms with E-state index in [0.717, 1.165) is 117 Å². The summed E-state index contributed by atoms with van der Waals surface area (Å²) in [5.41, 5.74) is 5.16. The van der Waals surface area contributed by atoms with E-state index in [-0.39, 0.29) is 25.0 Å². The molecule has 0 N–H and O–H groups in total. The van der Waals surface area contributed by atoms with Crippen molar-refractivity contribution in [3.63, 3.8) is 0 Å². The maximum absolute atomic E-state index is 12.0. The number of pyridine rings is 2. The average Bonchev–Trinajstić information content (AvgIpc) is 4.16. The molecular formula is C50H74N10O6Sn. The molecule has 0 radical (unpaired) electrons. The molecule has 0 amide bonds. The SMILES string of the molecule is CCOC(=O)CN(C)c1nc(-c2cc(OCCN3CCCC3)ccn2)nc2c1CCC2.CCOC(=O)CN(C)c1nc(C)nc2c1CCC2.[CH3][Sn]([CH3])([CH3])[c]1cc(OCCN2CCCC2)ccn1. The van der Waals surface area contributed by atoms with Gasteiger partial charge >= 0.3 is 127 Å². The van der Waals surface area contributed by atoms with Gasteiger partial charge in [0.25, 0.3) is 0 Å². The van der Waals surface area contributed by atoms with Crippen LogP contribution in [-0.2, 0) is 44.7 Å². The van der Waals surface area contributed by atoms with E-state index in [4.69, 9.17) is 28.9 Å². The molecule has 364 valence electrons. The second-order valence-electron chi connectivity index (χ2n) is 18.6. The standard InChI is InChI=1S/C23H31N5O3.C13H19N3O2.C11H15N2O.3CH3.Sn/c1-3-30-21(29)16-27(2)23-18-7-6-8-19(18)25-22(26-23)20-15-17(9-10-24-20)31-14-13-28-11-4-5-12-28;1-4-18-12(17)8-16(3)13-10-6-5-7-11(10)14-9(2)15-13;1-2-8-13(7-1)9-10-14-11-3-5-12-6-4-11;;;;/h9-10,15H,3-8,11-14,16H2,1-2H3;4-8H2,1-3H3;3-5H,1-2,7-10H2;3*1H3;. The zero-order valence-electron chi connectivity index (χ0n) is 41.4. The second kappa shape index (κ2) is 25.6. The van der Waals surface area contributed by atoms with Crippen molar-refractivity contribution in [1.82, 2.24) is 39.7 Å². The van der Waals surface area contributed by atoms with Crippen molar-refractivity contribution < 1.29 is 28.5 Å². The number of fused-ring (bicyclic) bond motifs is 2. The Kier molecular flexibility index (Phi) is 19.8. The van der Waals surface area contributed by atoms with E-state index in [1.807, 2.05) is 69.1 Å². The van der Waals surface area contributed by atoms with Crippen molar-refractivity contribution in [2.24, 2.45) is 0 Å². The first-order chi connectivity index (χ1) is 32.3. The Hall–Kier alpha value is -4.68. The monoisotopic (exact) mass is 1030 g/mol. The van der Waals surface area contributed by atoms with Crippen LogP contribution >= 0.6 is 0 Å². The van der Waals surface area contributed by atoms with Crippen LogP contribution in [0.4, 0.5) is 11.6 Å². The molecule has 0 saturated carbocycles. The summed E-state index contributed by atoms with van der Waals surface area (Å²) >= 11 is -2.05. The fourth-order valence-corrected chi connectivity index (χ4v) is 11.7. The summed E-state index contributed by atoms with van der Waals surface area (Å²) < 4.78 is 23.2. The molecule has 4 aromatic rings. The van der Waals surface area contributed by atoms with Gasteiger partial charge in [-0.25, -0.2) is 19.9 Å². The van der Waals surface area contributed by atoms with Crippen LogP contribution in [0, 0.1) is 6.92 Å². The van der Waals surface area contributed by atoms with Crippen molar-refractivity contribution in [3.05, 3.63) is 65.0 Å². The number of anilines is 2. The average molecular weight is 1030 g/mol. The molecule has 0 aromatic carbocycles. The van der Waals surface area contributed by atoms with Crippen molar-refractivity contribution >= 4 is 45.7 Å². The summed E-state index contributed by atoms with van der Waals surface area (Å²) in [6.45, 7) is 14.9. The second-order valence-corrected chi connectivity index (χ2v) is 32.9. The van der Waals surface area contributed by atoms with Crippen LogP contribution in [0.5, 0.6) is 11.5 Å². The molecule has 6 heterocycles. The summed E-state index contributed by atoms with van der Waals surface area (Å²) in [5.74, 6) is 4.28. The first kappa shape index (κ1) is 51.7. The Morgan fingerprint density at radius 2 is 1.13 bits per heavy atom. The van der Waals surface area contributed by atoms with E-state index in [9.17, 15) is 9.59 Å². The number of aryl methyl sites for hydroxylation is 3. The molecule has 0 atom stereocenters. The number of likely N-dealkylation sites (tertiary alicyclic amines) is 2. The molecule has 0 bridgehead atoms. The van der Waals surface area contributed by atoms with Gasteiger partial charge in [-0.15, -0.1) is 0 Å². The van der Waals surface area contributed by atoms with Gasteiger partial charge in [0, 0.05) is 55.4 Å². The molecule has 2 fully saturated rings. The fraction of sp³-hybridized carbons (Fsp3) is 0.600. The van der Waals surface area contributed by atoms with Gasteiger partial charge in [0.2, 0.25) is 0 Å². The molecule has 8 rings (SSSR count). The first-order valence-corrected chi connectivity index (χ1v) is 34.4. The van der Waals surface area contributed by atoms with E-state index in [1.54, 1.807) is 6.20 Å². The molecule has 17 heteroatoms. The minimum absolute atomic E-state index is 0.157. The van der Waals surface area contributed by atoms with Gasteiger partial charge in [-0.05, 0) is 91.3 Å². The molecule has 0 spiro atoms. The van der Waals surface area contributed by atoms with E-state index in [0.29, 0.717) is 31.3 Å². The number of carbonyl (C=O) groups excluding carboxylic acids is 2. The summed E-state index contributed by atoms with van der Waals surface area (Å²) in [6, 6.07) is 7.90. The van der Waals surface area contributed by atoms with Gasteiger partial charge in [0.1, 0.15) is 48.6 Å². The Labute approximate surface area is 402 Å². The third kappa shape index (κ3) is 15.7. The number of likely N-dealkylation sites (N-methyl/N-ethyl adjacent to an activating group) is 2. The van der Waals surface area contributed by atoms with Crippen molar-refractivity contribution in [2.75, 3.05) is 103 Å². The van der Waals surface area contributed by atoms with Gasteiger partial charge in [-0.2, -0.15) is 0 Å². The molecule has 4 aromatic heterocycles. The Morgan fingerprint density at radius 3 is 1.66 bits per heavy atom. The third-order valence-electron chi connectivity index (χ3n) is 12.2. The summed E-state index contributed by atoms with van der Waals surface area (Å²) in [5, 5.41) is 0. The van der Waals surface area contributed by atoms with Crippen LogP contribution in [0.15, 0.2) is 36.7 Å². The number of hydrogen-bond donors (Lipinski definition) is 0.